The van der Waals surface area contributed by atoms with Gasteiger partial charge < -0.3 is 58.7 Å². The average molecular weight is 882 g/mol. The summed E-state index contributed by atoms with van der Waals surface area (Å²) < 4.78 is 0. The van der Waals surface area contributed by atoms with E-state index in [0.717, 1.165) is 10.9 Å². The summed E-state index contributed by atoms with van der Waals surface area (Å²) >= 11 is 0. The largest absolute Gasteiger partial charge is 0.370 e. The van der Waals surface area contributed by atoms with Crippen molar-refractivity contribution in [3.8, 4) is 0 Å². The molecule has 1 aliphatic heterocycles. The summed E-state index contributed by atoms with van der Waals surface area (Å²) in [4.78, 5) is 124. The molecule has 13 N–H and O–H groups in total. The summed E-state index contributed by atoms with van der Waals surface area (Å²) in [6, 6.07) is 8.26. The maximum atomic E-state index is 14.5. The molecule has 0 saturated carbocycles. The standard InChI is InChI=1S/C43H55N13O8/c1-24(57)33-20-37(59)47-16-14-32(51-25(2)58)39(61)56-36(19-28-22-46-23-50-28)42(64)54-34(17-26-9-4-3-5-10-26)40(62)52-31(13-8-15-48-43(44)45)38(60)55-35(41(63)53-33)18-27-21-49-30-12-7-6-11-29(27)30/h3-7,9-12,21-23,31-36,49H,8,13-20H2,1-2H3,(H,46,50)(H,47,59)(H,51,58)(H,52,62)(H,53,63)(H,54,64)(H,55,60)(H,56,61)(H4,44,45,48)/t31-,32-,33-,34+,35-,36-/m0/s1. The lowest BCUT2D eigenvalue weighted by atomic mass is 10.0. The zero-order valence-corrected chi connectivity index (χ0v) is 35.6. The number of nitrogens with zero attached hydrogens (tertiary/aromatic N) is 2. The molecule has 21 heteroatoms. The van der Waals surface area contributed by atoms with E-state index in [2.05, 4.69) is 57.2 Å². The van der Waals surface area contributed by atoms with Gasteiger partial charge in [0.1, 0.15) is 30.2 Å². The number of guanidine groups is 1. The molecule has 2 aromatic heterocycles. The van der Waals surface area contributed by atoms with E-state index in [9.17, 15) is 38.4 Å². The van der Waals surface area contributed by atoms with Crippen molar-refractivity contribution in [1.82, 2.24) is 52.2 Å². The number of carbonyl (C=O) groups is 8. The molecule has 2 aromatic carbocycles. The number of aromatic nitrogens is 3. The number of H-pyrrole nitrogens is 2. The van der Waals surface area contributed by atoms with E-state index in [1.165, 1.54) is 26.4 Å². The second-order valence-corrected chi connectivity index (χ2v) is 15.5. The summed E-state index contributed by atoms with van der Waals surface area (Å²) in [5.41, 5.74) is 13.6. The Morgan fingerprint density at radius 2 is 1.38 bits per heavy atom. The minimum atomic E-state index is -1.33. The normalized spacial score (nSPS) is 22.0. The van der Waals surface area contributed by atoms with Crippen molar-refractivity contribution >= 4 is 64.0 Å². The third-order valence-electron chi connectivity index (χ3n) is 10.5. The summed E-state index contributed by atoms with van der Waals surface area (Å²) in [5, 5.41) is 19.5. The van der Waals surface area contributed by atoms with E-state index >= 15 is 0 Å². The Morgan fingerprint density at radius 1 is 0.750 bits per heavy atom. The van der Waals surface area contributed by atoms with Gasteiger partial charge in [-0.1, -0.05) is 48.5 Å². The molecule has 0 unspecified atom stereocenters. The van der Waals surface area contributed by atoms with Gasteiger partial charge in [-0.3, -0.25) is 43.3 Å². The number of aliphatic imine (C=N–C) groups is 1. The van der Waals surface area contributed by atoms with Crippen molar-refractivity contribution in [2.75, 3.05) is 13.1 Å². The zero-order chi connectivity index (χ0) is 46.2. The van der Waals surface area contributed by atoms with Crippen molar-refractivity contribution < 1.29 is 38.4 Å². The van der Waals surface area contributed by atoms with Gasteiger partial charge in [-0.15, -0.1) is 0 Å². The first-order valence-electron chi connectivity index (χ1n) is 20.8. The molecule has 3 heterocycles. The molecule has 0 bridgehead atoms. The Kier molecular flexibility index (Phi) is 17.1. The smallest absolute Gasteiger partial charge is 0.243 e. The highest BCUT2D eigenvalue weighted by Crippen LogP contribution is 2.20. The number of hydrogen-bond donors (Lipinski definition) is 11. The lowest BCUT2D eigenvalue weighted by Gasteiger charge is -2.27. The van der Waals surface area contributed by atoms with Crippen LogP contribution in [0.3, 0.4) is 0 Å². The van der Waals surface area contributed by atoms with E-state index in [4.69, 9.17) is 11.5 Å². The van der Waals surface area contributed by atoms with Gasteiger partial charge in [-0.05, 0) is 43.4 Å². The number of fused-ring (bicyclic) bond motifs is 1. The lowest BCUT2D eigenvalue weighted by molar-refractivity contribution is -0.135. The van der Waals surface area contributed by atoms with Gasteiger partial charge in [0, 0.05) is 68.3 Å². The minimum absolute atomic E-state index is 0.0267. The Labute approximate surface area is 368 Å². The fourth-order valence-electron chi connectivity index (χ4n) is 7.17. The van der Waals surface area contributed by atoms with Crippen LogP contribution in [0.15, 0.2) is 78.3 Å². The minimum Gasteiger partial charge on any atom is -0.370 e. The summed E-state index contributed by atoms with van der Waals surface area (Å²) in [7, 11) is 0. The van der Waals surface area contributed by atoms with Crippen LogP contribution in [0.2, 0.25) is 0 Å². The van der Waals surface area contributed by atoms with E-state index in [-0.39, 0.29) is 57.6 Å². The molecule has 4 aromatic rings. The van der Waals surface area contributed by atoms with Crippen LogP contribution < -0.4 is 48.7 Å². The molecule has 7 amide bonds. The Bertz CT molecular complexity index is 2310. The average Bonchev–Trinajstić information content (AvgIpc) is 3.93. The first-order chi connectivity index (χ1) is 30.7. The van der Waals surface area contributed by atoms with Gasteiger partial charge >= 0.3 is 0 Å². The van der Waals surface area contributed by atoms with Gasteiger partial charge in [0.05, 0.1) is 18.8 Å². The molecule has 5 rings (SSSR count). The van der Waals surface area contributed by atoms with Crippen LogP contribution in [0.4, 0.5) is 0 Å². The first-order valence-corrected chi connectivity index (χ1v) is 20.8. The number of imidazole rings is 1. The van der Waals surface area contributed by atoms with Gasteiger partial charge in [0.15, 0.2) is 11.7 Å². The number of Topliss-reactive ketones (excluding diaryl/α,β-unsaturated/α-hetero) is 1. The van der Waals surface area contributed by atoms with Gasteiger partial charge in [-0.2, -0.15) is 0 Å². The van der Waals surface area contributed by atoms with Gasteiger partial charge in [-0.25, -0.2) is 4.98 Å². The molecular weight excluding hydrogens is 827 g/mol. The van der Waals surface area contributed by atoms with E-state index in [0.29, 0.717) is 16.8 Å². The Balaban J connectivity index is 1.55. The fourth-order valence-corrected chi connectivity index (χ4v) is 7.17. The van der Waals surface area contributed by atoms with Crippen molar-refractivity contribution in [2.24, 2.45) is 16.5 Å². The number of ketones is 1. The molecule has 340 valence electrons. The van der Waals surface area contributed by atoms with Crippen LogP contribution in [-0.2, 0) is 57.6 Å². The Hall–Kier alpha value is -7.58. The molecule has 0 radical (unpaired) electrons. The zero-order valence-electron chi connectivity index (χ0n) is 35.6. The van der Waals surface area contributed by atoms with E-state index < -0.39 is 89.8 Å². The fraction of sp³-hybridized carbons (Fsp3) is 0.395. The predicted molar refractivity (Wildman–Crippen MR) is 235 cm³/mol. The molecule has 1 fully saturated rings. The molecule has 1 aliphatic rings. The monoisotopic (exact) mass is 881 g/mol. The highest BCUT2D eigenvalue weighted by molar-refractivity contribution is 5.98. The number of hydrogen-bond acceptors (Lipinski definition) is 10. The first kappa shape index (κ1) is 47.5. The number of carbonyl (C=O) groups excluding carboxylic acids is 8. The number of nitrogens with one attached hydrogen (secondary N) is 9. The molecule has 1 saturated heterocycles. The maximum Gasteiger partial charge on any atom is 0.243 e. The second kappa shape index (κ2) is 23.0. The van der Waals surface area contributed by atoms with Crippen LogP contribution in [0.1, 0.15) is 56.4 Å². The third-order valence-corrected chi connectivity index (χ3v) is 10.5. The topological polar surface area (TPSA) is 330 Å². The van der Waals surface area contributed by atoms with Crippen molar-refractivity contribution in [3.63, 3.8) is 0 Å². The van der Waals surface area contributed by atoms with Crippen LogP contribution in [0.5, 0.6) is 0 Å². The third kappa shape index (κ3) is 14.2. The number of amides is 7. The number of nitrogens with two attached hydrogens (primary N) is 2. The molecule has 0 spiro atoms. The molecule has 6 atom stereocenters. The van der Waals surface area contributed by atoms with E-state index in [1.54, 1.807) is 36.5 Å². The SMILES string of the molecule is CC(=O)N[C@H]1CCNC(=O)C[C@@H](C(C)=O)NC(=O)[C@H](Cc2c[nH]c3ccccc23)NC(=O)[C@H](CCCN=C(N)N)NC(=O)[C@@H](Cc2ccccc2)NC(=O)[C@H](Cc2cnc[nH]2)NC1=O. The highest BCUT2D eigenvalue weighted by atomic mass is 16.2. The van der Waals surface area contributed by atoms with Crippen LogP contribution in [-0.4, -0.2) is 117 Å². The molecular formula is C43H55N13O8. The summed E-state index contributed by atoms with van der Waals surface area (Å²) in [6.45, 7) is 2.33. The molecule has 64 heavy (non-hydrogen) atoms. The second-order valence-electron chi connectivity index (χ2n) is 15.5. The van der Waals surface area contributed by atoms with Crippen molar-refractivity contribution in [3.05, 3.63) is 90.1 Å². The van der Waals surface area contributed by atoms with Crippen LogP contribution in [0, 0.1) is 0 Å². The van der Waals surface area contributed by atoms with Crippen molar-refractivity contribution in [1.29, 1.82) is 0 Å². The van der Waals surface area contributed by atoms with Gasteiger partial charge in [0.25, 0.3) is 0 Å². The van der Waals surface area contributed by atoms with E-state index in [1.807, 2.05) is 24.3 Å². The van der Waals surface area contributed by atoms with Crippen LogP contribution >= 0.6 is 0 Å². The highest BCUT2D eigenvalue weighted by Gasteiger charge is 2.34. The number of para-hydroxylation sites is 1. The number of aromatic amines is 2. The summed E-state index contributed by atoms with van der Waals surface area (Å²) in [5.74, 6) is -5.85. The lowest BCUT2D eigenvalue weighted by Crippen LogP contribution is -2.60. The number of benzene rings is 2. The number of rotatable bonds is 12. The quantitative estimate of drug-likeness (QED) is 0.0437. The Morgan fingerprint density at radius 3 is 2.05 bits per heavy atom. The van der Waals surface area contributed by atoms with Crippen molar-refractivity contribution in [2.45, 2.75) is 95.0 Å². The predicted octanol–water partition coefficient (Wildman–Crippen LogP) is -1.60. The molecule has 0 aliphatic carbocycles. The maximum absolute atomic E-state index is 14.5. The summed E-state index contributed by atoms with van der Waals surface area (Å²) in [6.07, 6.45) is 3.86. The van der Waals surface area contributed by atoms with Crippen LogP contribution in [0.25, 0.3) is 10.9 Å². The van der Waals surface area contributed by atoms with Gasteiger partial charge in [0.2, 0.25) is 41.4 Å². The molecule has 21 nitrogen and oxygen atoms in total.